The Morgan fingerprint density at radius 1 is 1.07 bits per heavy atom. The van der Waals surface area contributed by atoms with Gasteiger partial charge in [-0.05, 0) is 42.7 Å². The average molecular weight is 386 g/mol. The van der Waals surface area contributed by atoms with Crippen LogP contribution in [0.4, 0.5) is 11.4 Å². The van der Waals surface area contributed by atoms with Gasteiger partial charge in [0.15, 0.2) is 0 Å². The number of anilines is 2. The first-order valence-electron chi connectivity index (χ1n) is 9.19. The van der Waals surface area contributed by atoms with Gasteiger partial charge in [-0.1, -0.05) is 35.9 Å². The Kier molecular flexibility index (Phi) is 6.35. The predicted octanol–water partition coefficient (Wildman–Crippen LogP) is 4.15. The van der Waals surface area contributed by atoms with Gasteiger partial charge >= 0.3 is 0 Å². The van der Waals surface area contributed by atoms with Crippen molar-refractivity contribution in [3.63, 3.8) is 0 Å². The number of nitrogens with one attached hydrogen (secondary N) is 2. The summed E-state index contributed by atoms with van der Waals surface area (Å²) in [6.45, 7) is 3.46. The van der Waals surface area contributed by atoms with Gasteiger partial charge in [-0.15, -0.1) is 0 Å². The van der Waals surface area contributed by atoms with E-state index in [1.807, 2.05) is 36.4 Å². The third-order valence-corrected chi connectivity index (χ3v) is 4.92. The molecule has 5 nitrogen and oxygen atoms in total. The molecule has 2 aromatic rings. The molecule has 0 aromatic heterocycles. The molecule has 27 heavy (non-hydrogen) atoms. The van der Waals surface area contributed by atoms with E-state index in [2.05, 4.69) is 15.5 Å². The Labute approximate surface area is 164 Å². The summed E-state index contributed by atoms with van der Waals surface area (Å²) >= 11 is 5.94. The minimum atomic E-state index is -0.404. The molecule has 1 aliphatic heterocycles. The van der Waals surface area contributed by atoms with Crippen molar-refractivity contribution in [3.05, 3.63) is 59.1 Å². The largest absolute Gasteiger partial charge is 0.370 e. The van der Waals surface area contributed by atoms with Crippen LogP contribution < -0.4 is 15.5 Å². The first-order valence-corrected chi connectivity index (χ1v) is 9.57. The molecule has 1 saturated heterocycles. The Morgan fingerprint density at radius 3 is 2.41 bits per heavy atom. The topological polar surface area (TPSA) is 61.4 Å². The lowest BCUT2D eigenvalue weighted by atomic mass is 10.0. The second-order valence-corrected chi connectivity index (χ2v) is 7.20. The molecule has 0 saturated carbocycles. The fraction of sp³-hybridized carbons (Fsp3) is 0.333. The van der Waals surface area contributed by atoms with Crippen LogP contribution in [0.5, 0.6) is 0 Å². The van der Waals surface area contributed by atoms with Crippen LogP contribution in [0.15, 0.2) is 48.5 Å². The summed E-state index contributed by atoms with van der Waals surface area (Å²) < 4.78 is 0. The van der Waals surface area contributed by atoms with E-state index < -0.39 is 6.04 Å². The molecule has 2 aromatic carbocycles. The monoisotopic (exact) mass is 385 g/mol. The van der Waals surface area contributed by atoms with E-state index >= 15 is 0 Å². The zero-order valence-electron chi connectivity index (χ0n) is 15.4. The minimum absolute atomic E-state index is 0.143. The summed E-state index contributed by atoms with van der Waals surface area (Å²) in [5.41, 5.74) is 2.70. The van der Waals surface area contributed by atoms with Crippen LogP contribution >= 0.6 is 11.6 Å². The third kappa shape index (κ3) is 5.23. The van der Waals surface area contributed by atoms with Gasteiger partial charge in [0.2, 0.25) is 11.8 Å². The van der Waals surface area contributed by atoms with Crippen molar-refractivity contribution in [1.82, 2.24) is 5.32 Å². The number of benzene rings is 2. The van der Waals surface area contributed by atoms with Gasteiger partial charge < -0.3 is 15.5 Å². The summed E-state index contributed by atoms with van der Waals surface area (Å²) in [5, 5.41) is 6.48. The molecule has 1 atom stereocenters. The molecule has 1 aliphatic rings. The number of para-hydroxylation sites is 2. The van der Waals surface area contributed by atoms with Crippen LogP contribution in [0.25, 0.3) is 0 Å². The molecule has 1 unspecified atom stereocenters. The number of hydrogen-bond acceptors (Lipinski definition) is 3. The van der Waals surface area contributed by atoms with Gasteiger partial charge in [-0.2, -0.15) is 0 Å². The van der Waals surface area contributed by atoms with Crippen molar-refractivity contribution in [2.75, 3.05) is 23.3 Å². The highest BCUT2D eigenvalue weighted by atomic mass is 35.5. The second kappa shape index (κ2) is 8.91. The lowest BCUT2D eigenvalue weighted by Gasteiger charge is -2.22. The van der Waals surface area contributed by atoms with E-state index in [9.17, 15) is 9.59 Å². The van der Waals surface area contributed by atoms with Gasteiger partial charge in [-0.3, -0.25) is 9.59 Å². The second-order valence-electron chi connectivity index (χ2n) is 6.77. The van der Waals surface area contributed by atoms with Crippen LogP contribution in [0.3, 0.4) is 0 Å². The number of nitrogens with zero attached hydrogens (tertiary/aromatic N) is 1. The zero-order valence-corrected chi connectivity index (χ0v) is 16.1. The summed E-state index contributed by atoms with van der Waals surface area (Å²) in [6.07, 6.45) is 2.49. The summed E-state index contributed by atoms with van der Waals surface area (Å²) in [5.74, 6) is -0.324. The molecular weight excluding hydrogens is 362 g/mol. The number of rotatable bonds is 6. The van der Waals surface area contributed by atoms with Gasteiger partial charge in [0.1, 0.15) is 0 Å². The quantitative estimate of drug-likeness (QED) is 0.785. The predicted molar refractivity (Wildman–Crippen MR) is 109 cm³/mol. The van der Waals surface area contributed by atoms with Crippen molar-refractivity contribution in [3.8, 4) is 0 Å². The molecule has 0 aliphatic carbocycles. The van der Waals surface area contributed by atoms with E-state index in [-0.39, 0.29) is 18.2 Å². The maximum atomic E-state index is 12.7. The molecule has 6 heteroatoms. The number of carbonyl (C=O) groups excluding carboxylic acids is 2. The van der Waals surface area contributed by atoms with Crippen molar-refractivity contribution in [2.24, 2.45) is 0 Å². The van der Waals surface area contributed by atoms with Crippen LogP contribution in [0, 0.1) is 0 Å². The van der Waals surface area contributed by atoms with Crippen LogP contribution in [0.2, 0.25) is 5.02 Å². The zero-order chi connectivity index (χ0) is 19.2. The fourth-order valence-electron chi connectivity index (χ4n) is 3.39. The van der Waals surface area contributed by atoms with Crippen LogP contribution in [-0.2, 0) is 9.59 Å². The highest BCUT2D eigenvalue weighted by Crippen LogP contribution is 2.29. The maximum absolute atomic E-state index is 12.7. The standard InChI is InChI=1S/C21H24ClN3O2/c1-15(26)23-19(16-8-10-17(22)11-9-16)14-21(27)24-18-6-2-3-7-20(18)25-12-4-5-13-25/h2-3,6-11,19H,4-5,12-14H2,1H3,(H,23,26)(H,24,27). The molecule has 142 valence electrons. The van der Waals surface area contributed by atoms with Gasteiger partial charge in [-0.25, -0.2) is 0 Å². The van der Waals surface area contributed by atoms with E-state index in [1.54, 1.807) is 12.1 Å². The normalized spacial score (nSPS) is 14.7. The van der Waals surface area contributed by atoms with Crippen LogP contribution in [0.1, 0.15) is 37.8 Å². The van der Waals surface area contributed by atoms with Gasteiger partial charge in [0.25, 0.3) is 0 Å². The van der Waals surface area contributed by atoms with E-state index in [4.69, 9.17) is 11.6 Å². The first-order chi connectivity index (χ1) is 13.0. The highest BCUT2D eigenvalue weighted by molar-refractivity contribution is 6.30. The fourth-order valence-corrected chi connectivity index (χ4v) is 3.52. The molecule has 2 amide bonds. The number of hydrogen-bond donors (Lipinski definition) is 2. The SMILES string of the molecule is CC(=O)NC(CC(=O)Nc1ccccc1N1CCCC1)c1ccc(Cl)cc1. The van der Waals surface area contributed by atoms with E-state index in [0.29, 0.717) is 5.02 Å². The van der Waals surface area contributed by atoms with Crippen molar-refractivity contribution in [1.29, 1.82) is 0 Å². The highest BCUT2D eigenvalue weighted by Gasteiger charge is 2.20. The smallest absolute Gasteiger partial charge is 0.226 e. The lowest BCUT2D eigenvalue weighted by molar-refractivity contribution is -0.120. The third-order valence-electron chi connectivity index (χ3n) is 4.66. The number of amides is 2. The molecule has 1 fully saturated rings. The molecule has 0 bridgehead atoms. The van der Waals surface area contributed by atoms with Crippen molar-refractivity contribution < 1.29 is 9.59 Å². The van der Waals surface area contributed by atoms with Crippen LogP contribution in [-0.4, -0.2) is 24.9 Å². The molecule has 2 N–H and O–H groups in total. The minimum Gasteiger partial charge on any atom is -0.370 e. The molecule has 0 radical (unpaired) electrons. The van der Waals surface area contributed by atoms with Gasteiger partial charge in [0.05, 0.1) is 23.8 Å². The lowest BCUT2D eigenvalue weighted by Crippen LogP contribution is -2.30. The summed E-state index contributed by atoms with van der Waals surface area (Å²) in [7, 11) is 0. The van der Waals surface area contributed by atoms with E-state index in [0.717, 1.165) is 30.0 Å². The summed E-state index contributed by atoms with van der Waals surface area (Å²) in [4.78, 5) is 26.6. The molecule has 3 rings (SSSR count). The van der Waals surface area contributed by atoms with Crippen molar-refractivity contribution >= 4 is 34.8 Å². The Hall–Kier alpha value is -2.53. The van der Waals surface area contributed by atoms with Gasteiger partial charge in [0, 0.05) is 25.0 Å². The number of carbonyl (C=O) groups is 2. The Morgan fingerprint density at radius 2 is 1.74 bits per heavy atom. The molecule has 0 spiro atoms. The first kappa shape index (κ1) is 19.2. The average Bonchev–Trinajstić information content (AvgIpc) is 3.16. The molecule has 1 heterocycles. The molecular formula is C21H24ClN3O2. The maximum Gasteiger partial charge on any atom is 0.226 e. The van der Waals surface area contributed by atoms with Crippen molar-refractivity contribution in [2.45, 2.75) is 32.2 Å². The Balaban J connectivity index is 1.73. The summed E-state index contributed by atoms with van der Waals surface area (Å²) in [6, 6.07) is 14.6. The van der Waals surface area contributed by atoms with E-state index in [1.165, 1.54) is 19.8 Å². The number of halogens is 1. The Bertz CT molecular complexity index is 801.